The number of fused-ring (bicyclic) bond motifs is 1. The quantitative estimate of drug-likeness (QED) is 0.813. The van der Waals surface area contributed by atoms with Crippen LogP contribution in [0.1, 0.15) is 39.5 Å². The van der Waals surface area contributed by atoms with Crippen LogP contribution in [0.3, 0.4) is 0 Å². The lowest BCUT2D eigenvalue weighted by molar-refractivity contribution is 0.521. The summed E-state index contributed by atoms with van der Waals surface area (Å²) in [5, 5.41) is 6.85. The van der Waals surface area contributed by atoms with Crippen molar-refractivity contribution in [3.05, 3.63) is 18.6 Å². The first-order valence-corrected chi connectivity index (χ1v) is 7.58. The van der Waals surface area contributed by atoms with E-state index in [2.05, 4.69) is 34.4 Å². The lowest BCUT2D eigenvalue weighted by Crippen LogP contribution is -2.16. The molecule has 0 radical (unpaired) electrons. The molecule has 2 aromatic rings. The van der Waals surface area contributed by atoms with Crippen LogP contribution in [0.15, 0.2) is 18.6 Å². The molecule has 1 saturated carbocycles. The highest BCUT2D eigenvalue weighted by atomic mass is 15.1. The van der Waals surface area contributed by atoms with Crippen LogP contribution in [-0.4, -0.2) is 27.5 Å². The normalized spacial score (nSPS) is 16.3. The van der Waals surface area contributed by atoms with Crippen LogP contribution in [0.5, 0.6) is 0 Å². The van der Waals surface area contributed by atoms with Gasteiger partial charge in [0.2, 0.25) is 0 Å². The van der Waals surface area contributed by atoms with Crippen LogP contribution in [-0.2, 0) is 0 Å². The average Bonchev–Trinajstić information content (AvgIpc) is 3.11. The van der Waals surface area contributed by atoms with Crippen molar-refractivity contribution in [1.82, 2.24) is 14.4 Å². The lowest BCUT2D eigenvalue weighted by atomic mass is 10.0. The van der Waals surface area contributed by atoms with E-state index in [0.717, 1.165) is 36.8 Å². The van der Waals surface area contributed by atoms with Crippen molar-refractivity contribution in [2.45, 2.75) is 39.5 Å². The van der Waals surface area contributed by atoms with Gasteiger partial charge in [0.05, 0.1) is 6.20 Å². The van der Waals surface area contributed by atoms with Crippen LogP contribution in [0.4, 0.5) is 11.6 Å². The van der Waals surface area contributed by atoms with E-state index >= 15 is 0 Å². The zero-order valence-electron chi connectivity index (χ0n) is 12.3. The van der Waals surface area contributed by atoms with E-state index in [1.165, 1.54) is 19.3 Å². The van der Waals surface area contributed by atoms with Gasteiger partial charge in [-0.15, -0.1) is 0 Å². The maximum atomic E-state index is 4.67. The summed E-state index contributed by atoms with van der Waals surface area (Å²) >= 11 is 0. The van der Waals surface area contributed by atoms with Crippen molar-refractivity contribution in [3.63, 3.8) is 0 Å². The molecule has 0 amide bonds. The molecule has 1 aliphatic rings. The standard InChI is InChI=1S/C15H23N5/c1-3-7-16-12-10-20-9-8-17-14(20)13(19-12)18-11-15(4-2)5-6-15/h8-10,16H,3-7,11H2,1-2H3,(H,18,19). The van der Waals surface area contributed by atoms with Crippen LogP contribution >= 0.6 is 0 Å². The Morgan fingerprint density at radius 1 is 1.30 bits per heavy atom. The summed E-state index contributed by atoms with van der Waals surface area (Å²) in [6.45, 7) is 6.36. The third kappa shape index (κ3) is 2.57. The number of aromatic nitrogens is 3. The molecule has 0 saturated heterocycles. The zero-order chi connectivity index (χ0) is 14.0. The van der Waals surface area contributed by atoms with Crippen molar-refractivity contribution in [2.75, 3.05) is 23.7 Å². The van der Waals surface area contributed by atoms with E-state index in [-0.39, 0.29) is 0 Å². The molecule has 0 atom stereocenters. The molecule has 0 spiro atoms. The molecule has 3 rings (SSSR count). The Bertz CT molecular complexity index is 585. The minimum atomic E-state index is 0.498. The van der Waals surface area contributed by atoms with Crippen molar-refractivity contribution >= 4 is 17.3 Å². The number of nitrogens with one attached hydrogen (secondary N) is 2. The molecule has 0 bridgehead atoms. The van der Waals surface area contributed by atoms with Crippen LogP contribution < -0.4 is 10.6 Å². The van der Waals surface area contributed by atoms with E-state index in [0.29, 0.717) is 5.41 Å². The third-order valence-corrected chi connectivity index (χ3v) is 4.27. The van der Waals surface area contributed by atoms with Crippen molar-refractivity contribution in [2.24, 2.45) is 5.41 Å². The van der Waals surface area contributed by atoms with Crippen molar-refractivity contribution < 1.29 is 0 Å². The molecule has 0 aliphatic heterocycles. The number of rotatable bonds is 7. The Morgan fingerprint density at radius 3 is 2.85 bits per heavy atom. The summed E-state index contributed by atoms with van der Waals surface area (Å²) < 4.78 is 2.03. The van der Waals surface area contributed by atoms with Gasteiger partial charge < -0.3 is 15.0 Å². The molecule has 0 aromatic carbocycles. The average molecular weight is 273 g/mol. The second-order valence-electron chi connectivity index (χ2n) is 5.77. The van der Waals surface area contributed by atoms with E-state index in [9.17, 15) is 0 Å². The fourth-order valence-corrected chi connectivity index (χ4v) is 2.49. The number of nitrogens with zero attached hydrogens (tertiary/aromatic N) is 3. The smallest absolute Gasteiger partial charge is 0.180 e. The van der Waals surface area contributed by atoms with E-state index in [4.69, 9.17) is 0 Å². The van der Waals surface area contributed by atoms with Crippen molar-refractivity contribution in [1.29, 1.82) is 0 Å². The van der Waals surface area contributed by atoms with Gasteiger partial charge in [0.25, 0.3) is 0 Å². The molecule has 5 heteroatoms. The van der Waals surface area contributed by atoms with Gasteiger partial charge in [-0.1, -0.05) is 13.8 Å². The van der Waals surface area contributed by atoms with Gasteiger partial charge >= 0.3 is 0 Å². The highest BCUT2D eigenvalue weighted by Crippen LogP contribution is 2.48. The van der Waals surface area contributed by atoms with Gasteiger partial charge in [0.1, 0.15) is 5.82 Å². The van der Waals surface area contributed by atoms with E-state index < -0.39 is 0 Å². The van der Waals surface area contributed by atoms with Gasteiger partial charge in [-0.05, 0) is 31.1 Å². The molecule has 2 N–H and O–H groups in total. The summed E-state index contributed by atoms with van der Waals surface area (Å²) in [7, 11) is 0. The third-order valence-electron chi connectivity index (χ3n) is 4.27. The molecule has 5 nitrogen and oxygen atoms in total. The Hall–Kier alpha value is -1.78. The van der Waals surface area contributed by atoms with Gasteiger partial charge in [-0.25, -0.2) is 9.97 Å². The summed E-state index contributed by atoms with van der Waals surface area (Å²) in [6.07, 6.45) is 10.8. The predicted molar refractivity (Wildman–Crippen MR) is 82.2 cm³/mol. The van der Waals surface area contributed by atoms with E-state index in [1.54, 1.807) is 0 Å². The first kappa shape index (κ1) is 13.2. The van der Waals surface area contributed by atoms with Gasteiger partial charge in [0, 0.05) is 25.5 Å². The predicted octanol–water partition coefficient (Wildman–Crippen LogP) is 3.15. The van der Waals surface area contributed by atoms with Crippen LogP contribution in [0.25, 0.3) is 5.65 Å². The Balaban J connectivity index is 1.81. The number of anilines is 2. The lowest BCUT2D eigenvalue weighted by Gasteiger charge is -2.15. The monoisotopic (exact) mass is 273 g/mol. The van der Waals surface area contributed by atoms with Crippen LogP contribution in [0.2, 0.25) is 0 Å². The van der Waals surface area contributed by atoms with Gasteiger partial charge in [-0.2, -0.15) is 0 Å². The molecule has 20 heavy (non-hydrogen) atoms. The highest BCUT2D eigenvalue weighted by molar-refractivity contribution is 5.65. The molecule has 2 heterocycles. The first-order chi connectivity index (χ1) is 9.76. The Kier molecular flexibility index (Phi) is 3.51. The molecule has 1 aliphatic carbocycles. The summed E-state index contributed by atoms with van der Waals surface area (Å²) in [5.74, 6) is 1.79. The fraction of sp³-hybridized carbons (Fsp3) is 0.600. The largest absolute Gasteiger partial charge is 0.369 e. The molecule has 108 valence electrons. The Labute approximate surface area is 119 Å². The summed E-state index contributed by atoms with van der Waals surface area (Å²) in [5.41, 5.74) is 1.40. The maximum Gasteiger partial charge on any atom is 0.180 e. The fourth-order valence-electron chi connectivity index (χ4n) is 2.49. The maximum absolute atomic E-state index is 4.67. The topological polar surface area (TPSA) is 54.2 Å². The minimum Gasteiger partial charge on any atom is -0.369 e. The first-order valence-electron chi connectivity index (χ1n) is 7.58. The van der Waals surface area contributed by atoms with Gasteiger partial charge in [0.15, 0.2) is 11.5 Å². The summed E-state index contributed by atoms with van der Waals surface area (Å²) in [6, 6.07) is 0. The number of hydrogen-bond acceptors (Lipinski definition) is 4. The second kappa shape index (κ2) is 5.31. The van der Waals surface area contributed by atoms with E-state index in [1.807, 2.05) is 23.0 Å². The molecule has 1 fully saturated rings. The molecule has 2 aromatic heterocycles. The SMILES string of the molecule is CCCNc1cn2ccnc2c(NCC2(CC)CC2)n1. The highest BCUT2D eigenvalue weighted by Gasteiger charge is 2.40. The van der Waals surface area contributed by atoms with Gasteiger partial charge in [-0.3, -0.25) is 0 Å². The zero-order valence-corrected chi connectivity index (χ0v) is 12.3. The van der Waals surface area contributed by atoms with Crippen molar-refractivity contribution in [3.8, 4) is 0 Å². The summed E-state index contributed by atoms with van der Waals surface area (Å²) in [4.78, 5) is 9.07. The number of hydrogen-bond donors (Lipinski definition) is 2. The second-order valence-corrected chi connectivity index (χ2v) is 5.77. The molecule has 0 unspecified atom stereocenters. The molecular formula is C15H23N5. The Morgan fingerprint density at radius 2 is 2.15 bits per heavy atom. The minimum absolute atomic E-state index is 0.498. The number of imidazole rings is 1. The van der Waals surface area contributed by atoms with Crippen LogP contribution in [0, 0.1) is 5.41 Å². The molecular weight excluding hydrogens is 250 g/mol.